The van der Waals surface area contributed by atoms with E-state index in [0.717, 1.165) is 18.2 Å². The number of amides is 1. The van der Waals surface area contributed by atoms with Gasteiger partial charge in [0.1, 0.15) is 10.7 Å². The molecule has 11 heteroatoms. The molecule has 0 radical (unpaired) electrons. The number of benzene rings is 2. The van der Waals surface area contributed by atoms with Crippen LogP contribution in [0.1, 0.15) is 10.4 Å². The number of anilines is 2. The quantitative estimate of drug-likeness (QED) is 0.482. The highest BCUT2D eigenvalue weighted by Gasteiger charge is 2.22. The first-order valence-electron chi connectivity index (χ1n) is 7.85. The molecule has 1 heterocycles. The van der Waals surface area contributed by atoms with Gasteiger partial charge in [0.25, 0.3) is 15.9 Å². The first-order valence-corrected chi connectivity index (χ1v) is 9.34. The van der Waals surface area contributed by atoms with E-state index >= 15 is 0 Å². The first-order chi connectivity index (χ1) is 13.7. The number of hydrogen-bond donors (Lipinski definition) is 2. The Kier molecular flexibility index (Phi) is 5.50. The smallest absolute Gasteiger partial charge is 0.264 e. The molecule has 3 aromatic rings. The van der Waals surface area contributed by atoms with Gasteiger partial charge >= 0.3 is 0 Å². The van der Waals surface area contributed by atoms with E-state index in [4.69, 9.17) is 0 Å². The highest BCUT2D eigenvalue weighted by atomic mass is 32.2. The Morgan fingerprint density at radius 2 is 1.45 bits per heavy atom. The van der Waals surface area contributed by atoms with Crippen LogP contribution in [0.2, 0.25) is 0 Å². The van der Waals surface area contributed by atoms with Gasteiger partial charge in [0.05, 0.1) is 5.69 Å². The van der Waals surface area contributed by atoms with Gasteiger partial charge in [-0.25, -0.2) is 26.0 Å². The van der Waals surface area contributed by atoms with Gasteiger partial charge in [-0.3, -0.25) is 14.5 Å². The Balaban J connectivity index is 1.89. The number of sulfonamides is 1. The van der Waals surface area contributed by atoms with Crippen LogP contribution in [0.3, 0.4) is 0 Å². The highest BCUT2D eigenvalue weighted by Crippen LogP contribution is 2.22. The summed E-state index contributed by atoms with van der Waals surface area (Å²) in [5.74, 6) is -6.87. The third kappa shape index (κ3) is 4.51. The molecule has 0 spiro atoms. The molecule has 2 aromatic carbocycles. The summed E-state index contributed by atoms with van der Waals surface area (Å²) in [5, 5.41) is 2.08. The van der Waals surface area contributed by atoms with Crippen molar-refractivity contribution in [3.63, 3.8) is 0 Å². The summed E-state index contributed by atoms with van der Waals surface area (Å²) in [5.41, 5.74) is -0.604. The van der Waals surface area contributed by atoms with E-state index in [1.165, 1.54) is 24.5 Å². The molecular weight excluding hydrogens is 414 g/mol. The number of pyridine rings is 1. The van der Waals surface area contributed by atoms with Crippen molar-refractivity contribution in [3.8, 4) is 0 Å². The molecule has 0 atom stereocenters. The molecule has 0 aliphatic carbocycles. The number of rotatable bonds is 5. The summed E-state index contributed by atoms with van der Waals surface area (Å²) < 4.78 is 80.6. The third-order valence-electron chi connectivity index (χ3n) is 3.66. The van der Waals surface area contributed by atoms with Crippen LogP contribution in [-0.2, 0) is 10.0 Å². The molecule has 6 nitrogen and oxygen atoms in total. The predicted molar refractivity (Wildman–Crippen MR) is 95.7 cm³/mol. The Morgan fingerprint density at radius 3 is 2.07 bits per heavy atom. The maximum absolute atomic E-state index is 14.1. The van der Waals surface area contributed by atoms with Crippen LogP contribution in [0.4, 0.5) is 28.9 Å². The number of nitrogens with zero attached hydrogens (tertiary/aromatic N) is 1. The molecule has 2 N–H and O–H groups in total. The van der Waals surface area contributed by atoms with Gasteiger partial charge in [-0.1, -0.05) is 0 Å². The molecule has 1 amide bonds. The molecular formula is C18H11F4N3O3S. The average molecular weight is 425 g/mol. The number of aromatic nitrogens is 1. The van der Waals surface area contributed by atoms with Crippen molar-refractivity contribution in [1.29, 1.82) is 0 Å². The lowest BCUT2D eigenvalue weighted by molar-refractivity contribution is 0.102. The molecule has 0 fully saturated rings. The molecule has 150 valence electrons. The maximum Gasteiger partial charge on any atom is 0.264 e. The van der Waals surface area contributed by atoms with E-state index in [2.05, 4.69) is 15.0 Å². The van der Waals surface area contributed by atoms with E-state index in [9.17, 15) is 30.8 Å². The van der Waals surface area contributed by atoms with Gasteiger partial charge in [0.15, 0.2) is 17.5 Å². The minimum Gasteiger partial charge on any atom is -0.322 e. The molecule has 3 rings (SSSR count). The standard InChI is InChI=1S/C18H11F4N3O3S/c19-13-2-1-10(18(26)24-12-8-14(20)17(22)15(21)9-12)7-16(13)29(27,28)25-11-3-5-23-6-4-11/h1-9H,(H,23,25)(H,24,26). The normalized spacial score (nSPS) is 11.2. The lowest BCUT2D eigenvalue weighted by Crippen LogP contribution is -2.17. The van der Waals surface area contributed by atoms with Crippen molar-refractivity contribution < 1.29 is 30.8 Å². The van der Waals surface area contributed by atoms with E-state index in [1.807, 2.05) is 0 Å². The second-order valence-corrected chi connectivity index (χ2v) is 7.35. The van der Waals surface area contributed by atoms with Crippen molar-refractivity contribution in [1.82, 2.24) is 4.98 Å². The van der Waals surface area contributed by atoms with E-state index in [0.29, 0.717) is 12.1 Å². The van der Waals surface area contributed by atoms with Gasteiger partial charge in [-0.2, -0.15) is 0 Å². The lowest BCUT2D eigenvalue weighted by Gasteiger charge is -2.11. The molecule has 0 bridgehead atoms. The maximum atomic E-state index is 14.1. The van der Waals surface area contributed by atoms with Gasteiger partial charge in [0, 0.05) is 35.8 Å². The fourth-order valence-corrected chi connectivity index (χ4v) is 3.47. The Morgan fingerprint density at radius 1 is 0.828 bits per heavy atom. The highest BCUT2D eigenvalue weighted by molar-refractivity contribution is 7.92. The second-order valence-electron chi connectivity index (χ2n) is 5.69. The van der Waals surface area contributed by atoms with E-state index < -0.39 is 49.8 Å². The Labute approximate surface area is 162 Å². The minimum absolute atomic E-state index is 0.117. The Bertz CT molecular complexity index is 1170. The summed E-state index contributed by atoms with van der Waals surface area (Å²) in [6, 6.07) is 6.25. The fraction of sp³-hybridized carbons (Fsp3) is 0. The number of hydrogen-bond acceptors (Lipinski definition) is 4. The summed E-state index contributed by atoms with van der Waals surface area (Å²) >= 11 is 0. The monoisotopic (exact) mass is 425 g/mol. The summed E-state index contributed by atoms with van der Waals surface area (Å²) in [4.78, 5) is 15.2. The van der Waals surface area contributed by atoms with Crippen molar-refractivity contribution >= 4 is 27.3 Å². The molecule has 0 aliphatic rings. The van der Waals surface area contributed by atoms with Crippen LogP contribution in [0.25, 0.3) is 0 Å². The molecule has 0 aliphatic heterocycles. The zero-order valence-corrected chi connectivity index (χ0v) is 15.1. The van der Waals surface area contributed by atoms with Crippen molar-refractivity contribution in [2.75, 3.05) is 10.0 Å². The van der Waals surface area contributed by atoms with Gasteiger partial charge in [-0.15, -0.1) is 0 Å². The predicted octanol–water partition coefficient (Wildman–Crippen LogP) is 3.69. The van der Waals surface area contributed by atoms with Crippen molar-refractivity contribution in [2.45, 2.75) is 4.90 Å². The van der Waals surface area contributed by atoms with Crippen LogP contribution in [-0.4, -0.2) is 19.3 Å². The van der Waals surface area contributed by atoms with Crippen LogP contribution in [0.5, 0.6) is 0 Å². The van der Waals surface area contributed by atoms with Gasteiger partial charge in [0.2, 0.25) is 0 Å². The average Bonchev–Trinajstić information content (AvgIpc) is 2.66. The molecule has 0 unspecified atom stereocenters. The van der Waals surface area contributed by atoms with Crippen LogP contribution in [0.15, 0.2) is 59.8 Å². The number of carbonyl (C=O) groups excluding carboxylic acids is 1. The van der Waals surface area contributed by atoms with Crippen LogP contribution < -0.4 is 10.0 Å². The Hall–Kier alpha value is -3.47. The largest absolute Gasteiger partial charge is 0.322 e. The molecule has 29 heavy (non-hydrogen) atoms. The molecule has 0 saturated carbocycles. The summed E-state index contributed by atoms with van der Waals surface area (Å²) in [6.07, 6.45) is 2.64. The SMILES string of the molecule is O=C(Nc1cc(F)c(F)c(F)c1)c1ccc(F)c(S(=O)(=O)Nc2ccncc2)c1. The summed E-state index contributed by atoms with van der Waals surface area (Å²) in [7, 11) is -4.39. The second kappa shape index (κ2) is 7.87. The number of nitrogens with one attached hydrogen (secondary N) is 2. The molecule has 1 aromatic heterocycles. The van der Waals surface area contributed by atoms with Crippen molar-refractivity contribution in [2.24, 2.45) is 0 Å². The first kappa shape index (κ1) is 20.3. The number of halogens is 4. The number of carbonyl (C=O) groups is 1. The zero-order chi connectivity index (χ0) is 21.2. The van der Waals surface area contributed by atoms with Crippen LogP contribution >= 0.6 is 0 Å². The third-order valence-corrected chi connectivity index (χ3v) is 5.05. The van der Waals surface area contributed by atoms with Crippen molar-refractivity contribution in [3.05, 3.63) is 83.7 Å². The van der Waals surface area contributed by atoms with E-state index in [-0.39, 0.29) is 11.3 Å². The fourth-order valence-electron chi connectivity index (χ4n) is 2.31. The van der Waals surface area contributed by atoms with E-state index in [1.54, 1.807) is 0 Å². The van der Waals surface area contributed by atoms with Gasteiger partial charge in [-0.05, 0) is 30.3 Å². The van der Waals surface area contributed by atoms with Crippen LogP contribution in [0, 0.1) is 23.3 Å². The topological polar surface area (TPSA) is 88.2 Å². The zero-order valence-electron chi connectivity index (χ0n) is 14.3. The molecule has 0 saturated heterocycles. The van der Waals surface area contributed by atoms with Gasteiger partial charge < -0.3 is 5.32 Å². The lowest BCUT2D eigenvalue weighted by atomic mass is 10.2. The summed E-state index contributed by atoms with van der Waals surface area (Å²) in [6.45, 7) is 0. The minimum atomic E-state index is -4.39.